The normalized spacial score (nSPS) is 13.2. The van der Waals surface area contributed by atoms with Crippen LogP contribution in [-0.2, 0) is 9.53 Å². The number of hydrogen-bond donors (Lipinski definition) is 2. The number of carbonyl (C=O) groups excluding carboxylic acids is 1. The van der Waals surface area contributed by atoms with Gasteiger partial charge in [-0.1, -0.05) is 6.08 Å². The van der Waals surface area contributed by atoms with Gasteiger partial charge < -0.3 is 14.9 Å². The molecule has 0 amide bonds. The molecule has 2 N–H and O–H groups in total. The average molecular weight is 174 g/mol. The number of esters is 1. The number of aliphatic hydroxyl groups is 2. The zero-order valence-corrected chi connectivity index (χ0v) is 7.06. The zero-order valence-electron chi connectivity index (χ0n) is 7.06. The van der Waals surface area contributed by atoms with Gasteiger partial charge >= 0.3 is 5.97 Å². The van der Waals surface area contributed by atoms with Crippen LogP contribution in [-0.4, -0.2) is 35.5 Å². The maximum Gasteiger partial charge on any atom is 0.330 e. The van der Waals surface area contributed by atoms with Gasteiger partial charge in [0.25, 0.3) is 0 Å². The molecule has 12 heavy (non-hydrogen) atoms. The third kappa shape index (κ3) is 5.88. The molecule has 0 saturated heterocycles. The van der Waals surface area contributed by atoms with Crippen molar-refractivity contribution in [1.82, 2.24) is 0 Å². The van der Waals surface area contributed by atoms with Crippen LogP contribution < -0.4 is 0 Å². The van der Waals surface area contributed by atoms with Crippen LogP contribution in [0.1, 0.15) is 13.3 Å². The predicted molar refractivity (Wildman–Crippen MR) is 43.5 cm³/mol. The minimum atomic E-state index is -0.796. The van der Waals surface area contributed by atoms with Crippen molar-refractivity contribution in [2.45, 2.75) is 19.4 Å². The topological polar surface area (TPSA) is 66.8 Å². The monoisotopic (exact) mass is 174 g/mol. The Morgan fingerprint density at radius 2 is 2.33 bits per heavy atom. The summed E-state index contributed by atoms with van der Waals surface area (Å²) in [6.45, 7) is 1.76. The summed E-state index contributed by atoms with van der Waals surface area (Å²) in [5.74, 6) is -0.428. The van der Waals surface area contributed by atoms with Gasteiger partial charge in [-0.3, -0.25) is 0 Å². The predicted octanol–water partition coefficient (Wildman–Crippen LogP) is -0.151. The summed E-state index contributed by atoms with van der Waals surface area (Å²) in [4.78, 5) is 10.7. The lowest BCUT2D eigenvalue weighted by molar-refractivity contribution is -0.137. The van der Waals surface area contributed by atoms with Gasteiger partial charge in [-0.2, -0.15) is 0 Å². The van der Waals surface area contributed by atoms with Gasteiger partial charge in [-0.15, -0.1) is 0 Å². The van der Waals surface area contributed by atoms with E-state index in [2.05, 4.69) is 4.74 Å². The summed E-state index contributed by atoms with van der Waals surface area (Å²) in [5.41, 5.74) is 0. The molecule has 0 heterocycles. The van der Waals surface area contributed by atoms with E-state index in [-0.39, 0.29) is 13.0 Å². The summed E-state index contributed by atoms with van der Waals surface area (Å²) in [5, 5.41) is 17.3. The van der Waals surface area contributed by atoms with Gasteiger partial charge in [0.15, 0.2) is 0 Å². The quantitative estimate of drug-likeness (QED) is 0.449. The van der Waals surface area contributed by atoms with Crippen LogP contribution in [0.15, 0.2) is 12.2 Å². The number of carbonyl (C=O) groups is 1. The van der Waals surface area contributed by atoms with E-state index < -0.39 is 12.1 Å². The van der Waals surface area contributed by atoms with E-state index in [1.165, 1.54) is 12.2 Å². The van der Waals surface area contributed by atoms with Crippen LogP contribution in [0.25, 0.3) is 0 Å². The minimum absolute atomic E-state index is 0.259. The molecule has 70 valence electrons. The number of rotatable bonds is 5. The smallest absolute Gasteiger partial charge is 0.330 e. The van der Waals surface area contributed by atoms with Crippen molar-refractivity contribution < 1.29 is 19.7 Å². The van der Waals surface area contributed by atoms with Crippen molar-refractivity contribution in [3.05, 3.63) is 12.2 Å². The van der Waals surface area contributed by atoms with E-state index in [1.54, 1.807) is 6.92 Å². The summed E-state index contributed by atoms with van der Waals surface area (Å²) in [6.07, 6.45) is 2.17. The number of aliphatic hydroxyl groups excluding tert-OH is 2. The molecule has 4 heteroatoms. The molecule has 1 atom stereocenters. The van der Waals surface area contributed by atoms with Crippen molar-refractivity contribution in [1.29, 1.82) is 0 Å². The van der Waals surface area contributed by atoms with Gasteiger partial charge in [-0.05, 0) is 13.3 Å². The highest BCUT2D eigenvalue weighted by Crippen LogP contribution is 1.92. The Labute approximate surface area is 71.5 Å². The second kappa shape index (κ2) is 6.82. The Hall–Kier alpha value is -0.870. The summed E-state index contributed by atoms with van der Waals surface area (Å²) in [6, 6.07) is 0. The third-order valence-electron chi connectivity index (χ3n) is 1.16. The van der Waals surface area contributed by atoms with E-state index in [0.717, 1.165) is 0 Å². The van der Waals surface area contributed by atoms with Crippen molar-refractivity contribution in [3.63, 3.8) is 0 Å². The van der Waals surface area contributed by atoms with E-state index in [9.17, 15) is 4.79 Å². The van der Waals surface area contributed by atoms with Crippen molar-refractivity contribution >= 4 is 5.97 Å². The fourth-order valence-electron chi connectivity index (χ4n) is 0.586. The first-order valence-corrected chi connectivity index (χ1v) is 3.83. The van der Waals surface area contributed by atoms with Crippen LogP contribution in [0.3, 0.4) is 0 Å². The lowest BCUT2D eigenvalue weighted by Crippen LogP contribution is -2.10. The Morgan fingerprint density at radius 1 is 1.67 bits per heavy atom. The van der Waals surface area contributed by atoms with Crippen LogP contribution in [0.4, 0.5) is 0 Å². The number of hydrogen-bond acceptors (Lipinski definition) is 4. The first kappa shape index (κ1) is 11.1. The second-order valence-electron chi connectivity index (χ2n) is 2.23. The summed E-state index contributed by atoms with van der Waals surface area (Å²) >= 11 is 0. The molecule has 0 saturated carbocycles. The molecule has 0 rings (SSSR count). The average Bonchev–Trinajstić information content (AvgIpc) is 2.04. The highest BCUT2D eigenvalue weighted by molar-refractivity contribution is 5.81. The first-order valence-electron chi connectivity index (χ1n) is 3.83. The molecule has 0 aromatic heterocycles. The van der Waals surface area contributed by atoms with E-state index >= 15 is 0 Å². The van der Waals surface area contributed by atoms with Crippen molar-refractivity contribution in [3.8, 4) is 0 Å². The Balaban J connectivity index is 3.54. The standard InChI is InChI=1S/C8H14O4/c1-2-12-8(11)5-3-4-7(10)6-9/h3,5,7,9-10H,2,4,6H2,1H3/b5-3+. The Bertz CT molecular complexity index is 153. The second-order valence-corrected chi connectivity index (χ2v) is 2.23. The SMILES string of the molecule is CCOC(=O)/C=C/CC(O)CO. The van der Waals surface area contributed by atoms with Gasteiger partial charge in [0.2, 0.25) is 0 Å². The maximum absolute atomic E-state index is 10.7. The third-order valence-corrected chi connectivity index (χ3v) is 1.16. The molecule has 0 fully saturated rings. The summed E-state index contributed by atoms with van der Waals surface area (Å²) in [7, 11) is 0. The molecular formula is C8H14O4. The molecule has 0 radical (unpaired) electrons. The molecule has 0 aromatic carbocycles. The van der Waals surface area contributed by atoms with E-state index in [4.69, 9.17) is 10.2 Å². The van der Waals surface area contributed by atoms with Crippen LogP contribution in [0.2, 0.25) is 0 Å². The summed E-state index contributed by atoms with van der Waals surface area (Å²) < 4.78 is 4.59. The molecular weight excluding hydrogens is 160 g/mol. The largest absolute Gasteiger partial charge is 0.463 e. The van der Waals surface area contributed by atoms with Gasteiger partial charge in [0.1, 0.15) is 0 Å². The lowest BCUT2D eigenvalue weighted by Gasteiger charge is -2.00. The lowest BCUT2D eigenvalue weighted by atomic mass is 10.2. The minimum Gasteiger partial charge on any atom is -0.463 e. The molecule has 0 aliphatic carbocycles. The Kier molecular flexibility index (Phi) is 6.32. The molecule has 0 bridgehead atoms. The van der Waals surface area contributed by atoms with E-state index in [0.29, 0.717) is 6.61 Å². The highest BCUT2D eigenvalue weighted by atomic mass is 16.5. The van der Waals surface area contributed by atoms with E-state index in [1.807, 2.05) is 0 Å². The van der Waals surface area contributed by atoms with Gasteiger partial charge in [-0.25, -0.2) is 4.79 Å². The maximum atomic E-state index is 10.7. The molecule has 0 spiro atoms. The first-order chi connectivity index (χ1) is 5.70. The molecule has 0 aliphatic heterocycles. The van der Waals surface area contributed by atoms with Gasteiger partial charge in [0.05, 0.1) is 19.3 Å². The van der Waals surface area contributed by atoms with Gasteiger partial charge in [0, 0.05) is 6.08 Å². The fourth-order valence-corrected chi connectivity index (χ4v) is 0.586. The zero-order chi connectivity index (χ0) is 9.40. The Morgan fingerprint density at radius 3 is 2.83 bits per heavy atom. The number of ether oxygens (including phenoxy) is 1. The van der Waals surface area contributed by atoms with Crippen LogP contribution >= 0.6 is 0 Å². The highest BCUT2D eigenvalue weighted by Gasteiger charge is 1.98. The molecule has 1 unspecified atom stereocenters. The molecule has 0 aliphatic rings. The molecule has 4 nitrogen and oxygen atoms in total. The van der Waals surface area contributed by atoms with Crippen molar-refractivity contribution in [2.75, 3.05) is 13.2 Å². The molecule has 0 aromatic rings. The van der Waals surface area contributed by atoms with Crippen molar-refractivity contribution in [2.24, 2.45) is 0 Å². The van der Waals surface area contributed by atoms with Crippen LogP contribution in [0, 0.1) is 0 Å². The van der Waals surface area contributed by atoms with Crippen LogP contribution in [0.5, 0.6) is 0 Å². The fraction of sp³-hybridized carbons (Fsp3) is 0.625.